The van der Waals surface area contributed by atoms with Crippen LogP contribution in [0.3, 0.4) is 0 Å². The Morgan fingerprint density at radius 3 is 2.55 bits per heavy atom. The summed E-state index contributed by atoms with van der Waals surface area (Å²) in [6.07, 6.45) is 0. The lowest BCUT2D eigenvalue weighted by molar-refractivity contribution is -0.384. The fourth-order valence-corrected chi connectivity index (χ4v) is 2.51. The number of nitrogens with zero attached hydrogens (tertiary/aromatic N) is 2. The molecule has 0 heterocycles. The van der Waals surface area contributed by atoms with Gasteiger partial charge in [-0.2, -0.15) is 0 Å². The van der Waals surface area contributed by atoms with Crippen molar-refractivity contribution in [3.8, 4) is 0 Å². The van der Waals surface area contributed by atoms with Crippen LogP contribution in [-0.2, 0) is 20.8 Å². The number of hydrogen-bond donors (Lipinski definition) is 1. The molecule has 0 fully saturated rings. The summed E-state index contributed by atoms with van der Waals surface area (Å²) in [5.41, 5.74) is 0.944. The van der Waals surface area contributed by atoms with Gasteiger partial charge in [0.25, 0.3) is 11.6 Å². The zero-order valence-electron chi connectivity index (χ0n) is 16.3. The Hall–Kier alpha value is -3.46. The number of carbonyl (C=O) groups is 2. The Labute approximate surface area is 168 Å². The number of rotatable bonds is 10. The number of nitro benzene ring substituents is 1. The smallest absolute Gasteiger partial charge is 0.338 e. The molecule has 0 atom stereocenters. The average molecular weight is 401 g/mol. The van der Waals surface area contributed by atoms with Crippen molar-refractivity contribution in [2.24, 2.45) is 0 Å². The molecule has 0 aromatic heterocycles. The third-order valence-corrected chi connectivity index (χ3v) is 4.07. The summed E-state index contributed by atoms with van der Waals surface area (Å²) in [6.45, 7) is 0.678. The van der Waals surface area contributed by atoms with Crippen molar-refractivity contribution < 1.29 is 24.0 Å². The topological polar surface area (TPSA) is 111 Å². The van der Waals surface area contributed by atoms with Gasteiger partial charge in [0.1, 0.15) is 5.69 Å². The molecule has 9 nitrogen and oxygen atoms in total. The van der Waals surface area contributed by atoms with Gasteiger partial charge in [-0.3, -0.25) is 14.9 Å². The fraction of sp³-hybridized carbons (Fsp3) is 0.300. The van der Waals surface area contributed by atoms with Crippen LogP contribution in [0.2, 0.25) is 0 Å². The summed E-state index contributed by atoms with van der Waals surface area (Å²) in [6, 6.07) is 13.3. The van der Waals surface area contributed by atoms with Gasteiger partial charge in [0.15, 0.2) is 6.61 Å². The number of anilines is 1. The van der Waals surface area contributed by atoms with Gasteiger partial charge < -0.3 is 19.7 Å². The van der Waals surface area contributed by atoms with Crippen molar-refractivity contribution in [2.45, 2.75) is 6.54 Å². The van der Waals surface area contributed by atoms with E-state index in [0.717, 1.165) is 11.6 Å². The molecule has 0 unspecified atom stereocenters. The van der Waals surface area contributed by atoms with Crippen molar-refractivity contribution in [3.05, 3.63) is 69.8 Å². The van der Waals surface area contributed by atoms with Gasteiger partial charge in [0, 0.05) is 33.3 Å². The quantitative estimate of drug-likeness (QED) is 0.282. The minimum atomic E-state index is -0.807. The molecule has 0 aliphatic rings. The number of hydrogen-bond acceptors (Lipinski definition) is 7. The van der Waals surface area contributed by atoms with Crippen molar-refractivity contribution in [3.63, 3.8) is 0 Å². The van der Waals surface area contributed by atoms with Gasteiger partial charge in [-0.05, 0) is 17.7 Å². The van der Waals surface area contributed by atoms with E-state index in [-0.39, 0.29) is 22.8 Å². The highest BCUT2D eigenvalue weighted by atomic mass is 16.6. The molecule has 1 amide bonds. The molecule has 0 saturated heterocycles. The molecule has 0 aliphatic carbocycles. The number of likely N-dealkylation sites (N-methyl/N-ethyl adjacent to an activating group) is 1. The molecule has 29 heavy (non-hydrogen) atoms. The predicted molar refractivity (Wildman–Crippen MR) is 107 cm³/mol. The molecular formula is C20H23N3O6. The lowest BCUT2D eigenvalue weighted by atomic mass is 10.1. The number of amides is 1. The molecule has 9 heteroatoms. The molecule has 154 valence electrons. The number of ether oxygens (including phenoxy) is 2. The van der Waals surface area contributed by atoms with Crippen LogP contribution in [-0.4, -0.2) is 55.6 Å². The Morgan fingerprint density at radius 2 is 1.90 bits per heavy atom. The second-order valence-electron chi connectivity index (χ2n) is 6.22. The summed E-state index contributed by atoms with van der Waals surface area (Å²) in [7, 11) is 3.13. The molecular weight excluding hydrogens is 378 g/mol. The van der Waals surface area contributed by atoms with Crippen LogP contribution >= 0.6 is 0 Å². The zero-order valence-corrected chi connectivity index (χ0v) is 16.3. The summed E-state index contributed by atoms with van der Waals surface area (Å²) in [4.78, 5) is 36.5. The molecule has 0 saturated carbocycles. The van der Waals surface area contributed by atoms with Gasteiger partial charge in [0.2, 0.25) is 0 Å². The molecule has 0 radical (unpaired) electrons. The number of nitrogens with one attached hydrogen (secondary N) is 1. The number of carbonyl (C=O) groups excluding carboxylic acids is 2. The van der Waals surface area contributed by atoms with Crippen LogP contribution < -0.4 is 5.32 Å². The van der Waals surface area contributed by atoms with E-state index in [4.69, 9.17) is 9.47 Å². The summed E-state index contributed by atoms with van der Waals surface area (Å²) < 4.78 is 9.92. The second kappa shape index (κ2) is 10.8. The zero-order chi connectivity index (χ0) is 21.2. The van der Waals surface area contributed by atoms with Crippen LogP contribution in [0.4, 0.5) is 11.4 Å². The fourth-order valence-electron chi connectivity index (χ4n) is 2.51. The normalized spacial score (nSPS) is 10.3. The van der Waals surface area contributed by atoms with E-state index in [2.05, 4.69) is 5.32 Å². The summed E-state index contributed by atoms with van der Waals surface area (Å²) >= 11 is 0. The lowest BCUT2D eigenvalue weighted by Crippen LogP contribution is -2.30. The number of benzene rings is 2. The first-order valence-electron chi connectivity index (χ1n) is 8.88. The van der Waals surface area contributed by atoms with Crippen molar-refractivity contribution in [1.29, 1.82) is 0 Å². The first-order chi connectivity index (χ1) is 13.9. The Bertz CT molecular complexity index is 857. The SMILES string of the molecule is COCCNc1ccc(C(=O)OCC(=O)N(C)Cc2ccccc2)cc1[N+](=O)[O-]. The van der Waals surface area contributed by atoms with Gasteiger partial charge >= 0.3 is 5.97 Å². The molecule has 1 N–H and O–H groups in total. The molecule has 2 aromatic rings. The molecule has 0 bridgehead atoms. The maximum Gasteiger partial charge on any atom is 0.338 e. The van der Waals surface area contributed by atoms with Gasteiger partial charge in [0.05, 0.1) is 17.1 Å². The minimum Gasteiger partial charge on any atom is -0.452 e. The van der Waals surface area contributed by atoms with Crippen LogP contribution in [0.1, 0.15) is 15.9 Å². The largest absolute Gasteiger partial charge is 0.452 e. The van der Waals surface area contributed by atoms with Gasteiger partial charge in [-0.1, -0.05) is 30.3 Å². The molecule has 0 aliphatic heterocycles. The minimum absolute atomic E-state index is 0.00694. The maximum absolute atomic E-state index is 12.2. The number of esters is 1. The van der Waals surface area contributed by atoms with Gasteiger partial charge in [-0.25, -0.2) is 4.79 Å². The van der Waals surface area contributed by atoms with Crippen LogP contribution in [0, 0.1) is 10.1 Å². The van der Waals surface area contributed by atoms with E-state index < -0.39 is 17.5 Å². The first-order valence-corrected chi connectivity index (χ1v) is 8.88. The van der Waals surface area contributed by atoms with E-state index in [9.17, 15) is 19.7 Å². The van der Waals surface area contributed by atoms with E-state index in [1.807, 2.05) is 30.3 Å². The molecule has 0 spiro atoms. The third-order valence-electron chi connectivity index (χ3n) is 4.07. The predicted octanol–water partition coefficient (Wildman–Crippen LogP) is 2.47. The van der Waals surface area contributed by atoms with E-state index in [0.29, 0.717) is 19.7 Å². The van der Waals surface area contributed by atoms with Crippen LogP contribution in [0.25, 0.3) is 0 Å². The van der Waals surface area contributed by atoms with Crippen molar-refractivity contribution in [2.75, 3.05) is 39.2 Å². The number of methoxy groups -OCH3 is 1. The lowest BCUT2D eigenvalue weighted by Gasteiger charge is -2.17. The van der Waals surface area contributed by atoms with Gasteiger partial charge in [-0.15, -0.1) is 0 Å². The third kappa shape index (κ3) is 6.58. The van der Waals surface area contributed by atoms with E-state index in [1.54, 1.807) is 7.05 Å². The van der Waals surface area contributed by atoms with Crippen LogP contribution in [0.5, 0.6) is 0 Å². The highest BCUT2D eigenvalue weighted by Crippen LogP contribution is 2.25. The molecule has 2 rings (SSSR count). The number of nitro groups is 1. The second-order valence-corrected chi connectivity index (χ2v) is 6.22. The maximum atomic E-state index is 12.2. The van der Waals surface area contributed by atoms with Crippen molar-refractivity contribution in [1.82, 2.24) is 4.90 Å². The molecule has 2 aromatic carbocycles. The first kappa shape index (κ1) is 21.8. The van der Waals surface area contributed by atoms with Crippen molar-refractivity contribution >= 4 is 23.3 Å². The highest BCUT2D eigenvalue weighted by Gasteiger charge is 2.19. The van der Waals surface area contributed by atoms with E-state index in [1.165, 1.54) is 24.1 Å². The Morgan fingerprint density at radius 1 is 1.17 bits per heavy atom. The summed E-state index contributed by atoms with van der Waals surface area (Å²) in [5.74, 6) is -1.19. The average Bonchev–Trinajstić information content (AvgIpc) is 2.72. The summed E-state index contributed by atoms with van der Waals surface area (Å²) in [5, 5.41) is 14.2. The highest BCUT2D eigenvalue weighted by molar-refractivity contribution is 5.93. The Balaban J connectivity index is 1.96. The Kier molecular flexibility index (Phi) is 8.11. The monoisotopic (exact) mass is 401 g/mol. The van der Waals surface area contributed by atoms with E-state index >= 15 is 0 Å². The standard InChI is InChI=1S/C20H23N3O6/c1-22(13-15-6-4-3-5-7-15)19(24)14-29-20(25)16-8-9-17(21-10-11-28-2)18(12-16)23(26)27/h3-9,12,21H,10-11,13-14H2,1-2H3. The van der Waals surface area contributed by atoms with Crippen LogP contribution in [0.15, 0.2) is 48.5 Å².